The highest BCUT2D eigenvalue weighted by atomic mass is 16.2. The summed E-state index contributed by atoms with van der Waals surface area (Å²) in [6, 6.07) is 2.13. The topological polar surface area (TPSA) is 62.1 Å². The van der Waals surface area contributed by atoms with Crippen molar-refractivity contribution < 1.29 is 4.79 Å². The van der Waals surface area contributed by atoms with E-state index in [0.717, 1.165) is 24.2 Å². The van der Waals surface area contributed by atoms with Crippen molar-refractivity contribution in [3.8, 4) is 0 Å². The molecule has 0 radical (unpaired) electrons. The Morgan fingerprint density at radius 1 is 1.60 bits per heavy atom. The number of rotatable bonds is 1. The number of aromatic amines is 1. The zero-order chi connectivity index (χ0) is 11.0. The van der Waals surface area contributed by atoms with Gasteiger partial charge in [-0.1, -0.05) is 0 Å². The van der Waals surface area contributed by atoms with Crippen molar-refractivity contribution in [3.05, 3.63) is 23.0 Å². The maximum atomic E-state index is 12.1. The lowest BCUT2D eigenvalue weighted by Crippen LogP contribution is -2.32. The molecule has 1 aromatic rings. The molecule has 1 saturated heterocycles. The van der Waals surface area contributed by atoms with Crippen molar-refractivity contribution in [2.24, 2.45) is 5.73 Å². The number of aromatic nitrogens is 1. The first kappa shape index (κ1) is 10.2. The number of nitrogens with zero attached hydrogens (tertiary/aromatic N) is 1. The van der Waals surface area contributed by atoms with Gasteiger partial charge in [-0.25, -0.2) is 0 Å². The van der Waals surface area contributed by atoms with Crippen LogP contribution in [0.15, 0.2) is 6.07 Å². The Labute approximate surface area is 89.5 Å². The van der Waals surface area contributed by atoms with Crippen molar-refractivity contribution in [3.63, 3.8) is 0 Å². The predicted octanol–water partition coefficient (Wildman–Crippen LogP) is 0.805. The predicted molar refractivity (Wildman–Crippen MR) is 58.8 cm³/mol. The summed E-state index contributed by atoms with van der Waals surface area (Å²) >= 11 is 0. The number of amides is 1. The van der Waals surface area contributed by atoms with E-state index in [9.17, 15) is 4.79 Å². The molecule has 2 heterocycles. The first-order chi connectivity index (χ1) is 7.08. The van der Waals surface area contributed by atoms with Crippen LogP contribution in [0.2, 0.25) is 0 Å². The van der Waals surface area contributed by atoms with E-state index in [1.54, 1.807) is 0 Å². The van der Waals surface area contributed by atoms with Gasteiger partial charge in [0.25, 0.3) is 5.91 Å². The van der Waals surface area contributed by atoms with Crippen LogP contribution in [-0.4, -0.2) is 34.9 Å². The normalized spacial score (nSPS) is 21.0. The Morgan fingerprint density at radius 3 is 2.80 bits per heavy atom. The van der Waals surface area contributed by atoms with Crippen molar-refractivity contribution in [1.29, 1.82) is 0 Å². The van der Waals surface area contributed by atoms with Gasteiger partial charge in [0.05, 0.1) is 0 Å². The second kappa shape index (κ2) is 3.70. The lowest BCUT2D eigenvalue weighted by Gasteiger charge is -2.15. The summed E-state index contributed by atoms with van der Waals surface area (Å²) in [6.45, 7) is 5.36. The number of nitrogens with two attached hydrogens (primary N) is 1. The van der Waals surface area contributed by atoms with Gasteiger partial charge in [0, 0.05) is 24.8 Å². The van der Waals surface area contributed by atoms with E-state index in [-0.39, 0.29) is 11.9 Å². The Bertz CT molecular complexity index is 383. The summed E-state index contributed by atoms with van der Waals surface area (Å²) in [4.78, 5) is 17.0. The van der Waals surface area contributed by atoms with E-state index in [2.05, 4.69) is 4.98 Å². The van der Waals surface area contributed by atoms with Crippen LogP contribution in [-0.2, 0) is 0 Å². The molecule has 0 bridgehead atoms. The first-order valence-electron chi connectivity index (χ1n) is 5.29. The third-order valence-electron chi connectivity index (χ3n) is 2.88. The number of nitrogens with one attached hydrogen (secondary N) is 1. The molecule has 1 aliphatic rings. The molecule has 0 saturated carbocycles. The Hall–Kier alpha value is -1.29. The van der Waals surface area contributed by atoms with Crippen LogP contribution in [0, 0.1) is 13.8 Å². The molecule has 1 amide bonds. The number of H-pyrrole nitrogens is 1. The first-order valence-corrected chi connectivity index (χ1v) is 5.29. The van der Waals surface area contributed by atoms with Gasteiger partial charge in [-0.15, -0.1) is 0 Å². The number of carbonyl (C=O) groups is 1. The van der Waals surface area contributed by atoms with Crippen LogP contribution in [0.25, 0.3) is 0 Å². The van der Waals surface area contributed by atoms with Gasteiger partial charge in [0.15, 0.2) is 0 Å². The van der Waals surface area contributed by atoms with E-state index in [1.165, 1.54) is 0 Å². The molecule has 1 aromatic heterocycles. The highest BCUT2D eigenvalue weighted by Crippen LogP contribution is 2.15. The van der Waals surface area contributed by atoms with E-state index >= 15 is 0 Å². The molecule has 0 spiro atoms. The second-order valence-electron chi connectivity index (χ2n) is 4.31. The molecule has 0 aliphatic carbocycles. The largest absolute Gasteiger partial charge is 0.354 e. The van der Waals surface area contributed by atoms with Gasteiger partial charge >= 0.3 is 0 Å². The Kier molecular flexibility index (Phi) is 2.52. The SMILES string of the molecule is Cc1cc(C)c(C(=O)N2CC[C@H](N)C2)[nH]1. The summed E-state index contributed by atoms with van der Waals surface area (Å²) in [7, 11) is 0. The molecule has 1 atom stereocenters. The summed E-state index contributed by atoms with van der Waals surface area (Å²) < 4.78 is 0. The van der Waals surface area contributed by atoms with Crippen LogP contribution >= 0.6 is 0 Å². The van der Waals surface area contributed by atoms with Crippen LogP contribution in [0.4, 0.5) is 0 Å². The number of hydrogen-bond acceptors (Lipinski definition) is 2. The van der Waals surface area contributed by atoms with Crippen LogP contribution in [0.1, 0.15) is 28.2 Å². The second-order valence-corrected chi connectivity index (χ2v) is 4.31. The van der Waals surface area contributed by atoms with E-state index < -0.39 is 0 Å². The van der Waals surface area contributed by atoms with Crippen molar-refractivity contribution in [2.75, 3.05) is 13.1 Å². The van der Waals surface area contributed by atoms with Crippen molar-refractivity contribution >= 4 is 5.91 Å². The number of aryl methyl sites for hydroxylation is 2. The standard InChI is InChI=1S/C11H17N3O/c1-7-5-8(2)13-10(7)11(15)14-4-3-9(12)6-14/h5,9,13H,3-4,6,12H2,1-2H3/t9-/m0/s1. The van der Waals surface area contributed by atoms with Gasteiger partial charge in [0.1, 0.15) is 5.69 Å². The molecule has 0 aromatic carbocycles. The van der Waals surface area contributed by atoms with E-state index in [4.69, 9.17) is 5.73 Å². The highest BCUT2D eigenvalue weighted by molar-refractivity contribution is 5.94. The fraction of sp³-hybridized carbons (Fsp3) is 0.545. The zero-order valence-corrected chi connectivity index (χ0v) is 9.21. The maximum Gasteiger partial charge on any atom is 0.270 e. The molecular weight excluding hydrogens is 190 g/mol. The fourth-order valence-electron chi connectivity index (χ4n) is 2.08. The molecule has 2 rings (SSSR count). The smallest absolute Gasteiger partial charge is 0.270 e. The van der Waals surface area contributed by atoms with Crippen molar-refractivity contribution in [2.45, 2.75) is 26.3 Å². The average Bonchev–Trinajstić information content (AvgIpc) is 2.71. The van der Waals surface area contributed by atoms with Gasteiger partial charge < -0.3 is 15.6 Å². The van der Waals surface area contributed by atoms with Gasteiger partial charge in [-0.3, -0.25) is 4.79 Å². The molecule has 15 heavy (non-hydrogen) atoms. The Morgan fingerprint density at radius 2 is 2.33 bits per heavy atom. The lowest BCUT2D eigenvalue weighted by atomic mass is 10.2. The molecule has 4 heteroatoms. The fourth-order valence-corrected chi connectivity index (χ4v) is 2.08. The van der Waals surface area contributed by atoms with Gasteiger partial charge in [0.2, 0.25) is 0 Å². The molecule has 4 nitrogen and oxygen atoms in total. The van der Waals surface area contributed by atoms with Crippen LogP contribution in [0.3, 0.4) is 0 Å². The minimum Gasteiger partial charge on any atom is -0.354 e. The van der Waals surface area contributed by atoms with Crippen LogP contribution < -0.4 is 5.73 Å². The summed E-state index contributed by atoms with van der Waals surface area (Å²) in [5.74, 6) is 0.0774. The minimum atomic E-state index is 0.0774. The summed E-state index contributed by atoms with van der Waals surface area (Å²) in [6.07, 6.45) is 0.907. The Balaban J connectivity index is 2.17. The minimum absolute atomic E-state index is 0.0774. The highest BCUT2D eigenvalue weighted by Gasteiger charge is 2.26. The zero-order valence-electron chi connectivity index (χ0n) is 9.21. The quantitative estimate of drug-likeness (QED) is 0.715. The lowest BCUT2D eigenvalue weighted by molar-refractivity contribution is 0.0785. The molecule has 3 N–H and O–H groups in total. The van der Waals surface area contributed by atoms with Gasteiger partial charge in [-0.2, -0.15) is 0 Å². The van der Waals surface area contributed by atoms with Gasteiger partial charge in [-0.05, 0) is 31.9 Å². The monoisotopic (exact) mass is 207 g/mol. The third-order valence-corrected chi connectivity index (χ3v) is 2.88. The molecular formula is C11H17N3O. The van der Waals surface area contributed by atoms with Crippen molar-refractivity contribution in [1.82, 2.24) is 9.88 Å². The maximum absolute atomic E-state index is 12.1. The third kappa shape index (κ3) is 1.90. The summed E-state index contributed by atoms with van der Waals surface area (Å²) in [5.41, 5.74) is 8.53. The molecule has 1 aliphatic heterocycles. The van der Waals surface area contributed by atoms with E-state index in [0.29, 0.717) is 12.2 Å². The molecule has 1 fully saturated rings. The average molecular weight is 207 g/mol. The summed E-state index contributed by atoms with van der Waals surface area (Å²) in [5, 5.41) is 0. The molecule has 0 unspecified atom stereocenters. The number of hydrogen-bond donors (Lipinski definition) is 2. The number of likely N-dealkylation sites (tertiary alicyclic amines) is 1. The molecule has 82 valence electrons. The van der Waals surface area contributed by atoms with E-state index in [1.807, 2.05) is 24.8 Å². The van der Waals surface area contributed by atoms with Crippen LogP contribution in [0.5, 0.6) is 0 Å². The number of carbonyl (C=O) groups excluding carboxylic acids is 1.